The molecule has 0 saturated heterocycles. The van der Waals surface area contributed by atoms with Crippen molar-refractivity contribution in [1.29, 1.82) is 0 Å². The molecular formula is C19H22N2O2. The van der Waals surface area contributed by atoms with Crippen molar-refractivity contribution in [3.8, 4) is 0 Å². The van der Waals surface area contributed by atoms with Gasteiger partial charge in [-0.2, -0.15) is 0 Å². The molecule has 0 bridgehead atoms. The second-order valence-corrected chi connectivity index (χ2v) is 5.58. The standard InChI is InChI=1S/C19H22N2O2/c1-4-9-15-18-14(12-16(20-15)19(22)23-6-3)13-10-7-8-11-17(13)21(18)5-2/h7-8,10-12H,4-6,9H2,1-3H3. The maximum atomic E-state index is 12.2. The molecule has 0 saturated carbocycles. The number of esters is 1. The van der Waals surface area contributed by atoms with E-state index in [1.165, 1.54) is 5.52 Å². The summed E-state index contributed by atoms with van der Waals surface area (Å²) in [5.74, 6) is -0.347. The normalized spacial score (nSPS) is 11.3. The van der Waals surface area contributed by atoms with E-state index in [4.69, 9.17) is 4.74 Å². The van der Waals surface area contributed by atoms with E-state index in [0.29, 0.717) is 12.3 Å². The lowest BCUT2D eigenvalue weighted by Gasteiger charge is -2.09. The lowest BCUT2D eigenvalue weighted by molar-refractivity contribution is 0.0519. The Kier molecular flexibility index (Phi) is 4.33. The van der Waals surface area contributed by atoms with Gasteiger partial charge in [-0.1, -0.05) is 31.5 Å². The summed E-state index contributed by atoms with van der Waals surface area (Å²) in [6, 6.07) is 10.2. The minimum atomic E-state index is -0.347. The molecule has 3 rings (SSSR count). The molecule has 0 spiro atoms. The summed E-state index contributed by atoms with van der Waals surface area (Å²) in [5, 5.41) is 2.25. The molecule has 4 heteroatoms. The van der Waals surface area contributed by atoms with Gasteiger partial charge in [-0.3, -0.25) is 0 Å². The van der Waals surface area contributed by atoms with Crippen LogP contribution < -0.4 is 0 Å². The zero-order chi connectivity index (χ0) is 16.4. The highest BCUT2D eigenvalue weighted by Gasteiger charge is 2.18. The van der Waals surface area contributed by atoms with Crippen LogP contribution in [0.3, 0.4) is 0 Å². The first-order valence-corrected chi connectivity index (χ1v) is 8.29. The van der Waals surface area contributed by atoms with Gasteiger partial charge < -0.3 is 9.30 Å². The van der Waals surface area contributed by atoms with E-state index >= 15 is 0 Å². The molecule has 0 aliphatic rings. The van der Waals surface area contributed by atoms with E-state index in [1.807, 2.05) is 25.1 Å². The molecule has 3 aromatic rings. The lowest BCUT2D eigenvalue weighted by atomic mass is 10.1. The summed E-state index contributed by atoms with van der Waals surface area (Å²) >= 11 is 0. The first-order valence-electron chi connectivity index (χ1n) is 8.29. The number of para-hydroxylation sites is 1. The molecular weight excluding hydrogens is 288 g/mol. The van der Waals surface area contributed by atoms with E-state index in [9.17, 15) is 4.79 Å². The SMILES string of the molecule is CCCc1nc(C(=O)OCC)cc2c3ccccc3n(CC)c12. The molecule has 2 aromatic heterocycles. The number of carbonyl (C=O) groups is 1. The highest BCUT2D eigenvalue weighted by molar-refractivity contribution is 6.10. The summed E-state index contributed by atoms with van der Waals surface area (Å²) in [5.41, 5.74) is 3.71. The van der Waals surface area contributed by atoms with E-state index in [1.54, 1.807) is 0 Å². The molecule has 1 aromatic carbocycles. The first-order chi connectivity index (χ1) is 11.2. The number of rotatable bonds is 5. The zero-order valence-corrected chi connectivity index (χ0v) is 13.9. The third-order valence-electron chi connectivity index (χ3n) is 4.11. The summed E-state index contributed by atoms with van der Waals surface area (Å²) < 4.78 is 7.44. The van der Waals surface area contributed by atoms with Gasteiger partial charge in [-0.15, -0.1) is 0 Å². The Morgan fingerprint density at radius 3 is 2.65 bits per heavy atom. The number of aromatic nitrogens is 2. The number of hydrogen-bond acceptors (Lipinski definition) is 3. The average molecular weight is 310 g/mol. The van der Waals surface area contributed by atoms with Crippen molar-refractivity contribution in [2.24, 2.45) is 0 Å². The molecule has 0 aliphatic heterocycles. The summed E-state index contributed by atoms with van der Waals surface area (Å²) in [6.45, 7) is 7.32. The van der Waals surface area contributed by atoms with Crippen LogP contribution in [0.25, 0.3) is 21.8 Å². The Labute approximate surface area is 136 Å². The molecule has 23 heavy (non-hydrogen) atoms. The second kappa shape index (κ2) is 6.41. The van der Waals surface area contributed by atoms with Crippen LogP contribution in [-0.4, -0.2) is 22.1 Å². The van der Waals surface area contributed by atoms with Crippen molar-refractivity contribution in [3.05, 3.63) is 41.7 Å². The third-order valence-corrected chi connectivity index (χ3v) is 4.11. The van der Waals surface area contributed by atoms with Crippen LogP contribution >= 0.6 is 0 Å². The van der Waals surface area contributed by atoms with Gasteiger partial charge >= 0.3 is 5.97 Å². The third kappa shape index (κ3) is 2.58. The van der Waals surface area contributed by atoms with Crippen molar-refractivity contribution in [3.63, 3.8) is 0 Å². The smallest absolute Gasteiger partial charge is 0.356 e. The van der Waals surface area contributed by atoms with Crippen LogP contribution in [0.2, 0.25) is 0 Å². The molecule has 120 valence electrons. The van der Waals surface area contributed by atoms with Crippen molar-refractivity contribution >= 4 is 27.8 Å². The molecule has 0 N–H and O–H groups in total. The fourth-order valence-electron chi connectivity index (χ4n) is 3.20. The number of aryl methyl sites for hydroxylation is 2. The number of hydrogen-bond donors (Lipinski definition) is 0. The van der Waals surface area contributed by atoms with Gasteiger partial charge in [-0.25, -0.2) is 9.78 Å². The first kappa shape index (κ1) is 15.5. The van der Waals surface area contributed by atoms with Crippen molar-refractivity contribution in [2.75, 3.05) is 6.61 Å². The fourth-order valence-corrected chi connectivity index (χ4v) is 3.20. The number of benzene rings is 1. The van der Waals surface area contributed by atoms with Crippen LogP contribution in [0.4, 0.5) is 0 Å². The average Bonchev–Trinajstić information content (AvgIpc) is 2.89. The summed E-state index contributed by atoms with van der Waals surface area (Å²) in [7, 11) is 0. The Hall–Kier alpha value is -2.36. The van der Waals surface area contributed by atoms with Crippen LogP contribution in [0.5, 0.6) is 0 Å². The molecule has 0 radical (unpaired) electrons. The topological polar surface area (TPSA) is 44.1 Å². The van der Waals surface area contributed by atoms with Crippen molar-refractivity contribution in [2.45, 2.75) is 40.2 Å². The van der Waals surface area contributed by atoms with Gasteiger partial charge in [0.25, 0.3) is 0 Å². The fraction of sp³-hybridized carbons (Fsp3) is 0.368. The number of ether oxygens (including phenoxy) is 1. The predicted molar refractivity (Wildman–Crippen MR) is 92.9 cm³/mol. The van der Waals surface area contributed by atoms with Crippen molar-refractivity contribution in [1.82, 2.24) is 9.55 Å². The highest BCUT2D eigenvalue weighted by Crippen LogP contribution is 2.31. The van der Waals surface area contributed by atoms with E-state index in [-0.39, 0.29) is 5.97 Å². The maximum absolute atomic E-state index is 12.2. The van der Waals surface area contributed by atoms with E-state index in [0.717, 1.165) is 41.4 Å². The predicted octanol–water partition coefficient (Wildman–Crippen LogP) is 4.34. The summed E-state index contributed by atoms with van der Waals surface area (Å²) in [6.07, 6.45) is 1.83. The molecule has 0 amide bonds. The second-order valence-electron chi connectivity index (χ2n) is 5.58. The van der Waals surface area contributed by atoms with Crippen LogP contribution in [0.15, 0.2) is 30.3 Å². The molecule has 0 atom stereocenters. The molecule has 4 nitrogen and oxygen atoms in total. The molecule has 2 heterocycles. The van der Waals surface area contributed by atoms with Gasteiger partial charge in [0.2, 0.25) is 0 Å². The highest BCUT2D eigenvalue weighted by atomic mass is 16.5. The van der Waals surface area contributed by atoms with Crippen LogP contribution in [-0.2, 0) is 17.7 Å². The Bertz CT molecular complexity index is 865. The Morgan fingerprint density at radius 2 is 1.96 bits per heavy atom. The quantitative estimate of drug-likeness (QED) is 0.658. The van der Waals surface area contributed by atoms with Gasteiger partial charge in [0.05, 0.1) is 17.8 Å². The van der Waals surface area contributed by atoms with Gasteiger partial charge in [0.15, 0.2) is 0 Å². The molecule has 0 aliphatic carbocycles. The number of pyridine rings is 1. The summed E-state index contributed by atoms with van der Waals surface area (Å²) in [4.78, 5) is 16.8. The minimum absolute atomic E-state index is 0.347. The van der Waals surface area contributed by atoms with Crippen LogP contribution in [0.1, 0.15) is 43.4 Å². The molecule has 0 unspecified atom stereocenters. The lowest BCUT2D eigenvalue weighted by Crippen LogP contribution is -2.09. The Morgan fingerprint density at radius 1 is 1.17 bits per heavy atom. The van der Waals surface area contributed by atoms with Gasteiger partial charge in [0.1, 0.15) is 5.69 Å². The largest absolute Gasteiger partial charge is 0.461 e. The van der Waals surface area contributed by atoms with E-state index < -0.39 is 0 Å². The monoisotopic (exact) mass is 310 g/mol. The van der Waals surface area contributed by atoms with Gasteiger partial charge in [-0.05, 0) is 32.4 Å². The van der Waals surface area contributed by atoms with Crippen molar-refractivity contribution < 1.29 is 9.53 Å². The number of fused-ring (bicyclic) bond motifs is 3. The zero-order valence-electron chi connectivity index (χ0n) is 13.9. The number of nitrogens with zero attached hydrogens (tertiary/aromatic N) is 2. The van der Waals surface area contributed by atoms with E-state index in [2.05, 4.69) is 35.5 Å². The number of carbonyl (C=O) groups excluding carboxylic acids is 1. The van der Waals surface area contributed by atoms with Crippen LogP contribution in [0, 0.1) is 0 Å². The maximum Gasteiger partial charge on any atom is 0.356 e. The Balaban J connectivity index is 2.37. The minimum Gasteiger partial charge on any atom is -0.461 e. The molecule has 0 fully saturated rings. The van der Waals surface area contributed by atoms with Gasteiger partial charge in [0, 0.05) is 22.8 Å².